The number of benzene rings is 1. The fourth-order valence-electron chi connectivity index (χ4n) is 1.66. The van der Waals surface area contributed by atoms with Gasteiger partial charge in [-0.25, -0.2) is 4.79 Å². The molecular formula is C12H13NO5. The third kappa shape index (κ3) is 3.13. The first-order valence-corrected chi connectivity index (χ1v) is 5.52. The second-order valence-electron chi connectivity index (χ2n) is 3.90. The SMILES string of the molecule is O=C(O)Cc1ccccc1OCC1CNC(=O)O1. The summed E-state index contributed by atoms with van der Waals surface area (Å²) >= 11 is 0. The smallest absolute Gasteiger partial charge is 0.407 e. The number of para-hydroxylation sites is 1. The van der Waals surface area contributed by atoms with E-state index in [1.54, 1.807) is 24.3 Å². The van der Waals surface area contributed by atoms with Gasteiger partial charge in [-0.05, 0) is 6.07 Å². The number of hydrogen-bond donors (Lipinski definition) is 2. The van der Waals surface area contributed by atoms with E-state index >= 15 is 0 Å². The summed E-state index contributed by atoms with van der Waals surface area (Å²) in [7, 11) is 0. The Morgan fingerprint density at radius 3 is 2.94 bits per heavy atom. The average molecular weight is 251 g/mol. The van der Waals surface area contributed by atoms with E-state index in [-0.39, 0.29) is 19.1 Å². The van der Waals surface area contributed by atoms with Gasteiger partial charge in [0.1, 0.15) is 12.4 Å². The van der Waals surface area contributed by atoms with Crippen LogP contribution >= 0.6 is 0 Å². The van der Waals surface area contributed by atoms with Crippen molar-refractivity contribution in [2.24, 2.45) is 0 Å². The molecule has 2 N–H and O–H groups in total. The van der Waals surface area contributed by atoms with Gasteiger partial charge in [0.25, 0.3) is 0 Å². The molecule has 1 amide bonds. The first kappa shape index (κ1) is 12.2. The van der Waals surface area contributed by atoms with Crippen LogP contribution in [0, 0.1) is 0 Å². The van der Waals surface area contributed by atoms with Crippen LogP contribution in [0.5, 0.6) is 5.75 Å². The minimum absolute atomic E-state index is 0.0983. The predicted octanol–water partition coefficient (Wildman–Crippen LogP) is 0.801. The van der Waals surface area contributed by atoms with Crippen LogP contribution in [0.15, 0.2) is 24.3 Å². The Morgan fingerprint density at radius 2 is 2.28 bits per heavy atom. The lowest BCUT2D eigenvalue weighted by atomic mass is 10.1. The number of nitrogens with one attached hydrogen (secondary N) is 1. The van der Waals surface area contributed by atoms with E-state index in [1.807, 2.05) is 0 Å². The molecule has 1 unspecified atom stereocenters. The summed E-state index contributed by atoms with van der Waals surface area (Å²) in [5.41, 5.74) is 0.599. The molecule has 0 aromatic heterocycles. The van der Waals surface area contributed by atoms with E-state index in [9.17, 15) is 9.59 Å². The summed E-state index contributed by atoms with van der Waals surface area (Å²) < 4.78 is 10.4. The second kappa shape index (κ2) is 5.39. The largest absolute Gasteiger partial charge is 0.489 e. The van der Waals surface area contributed by atoms with Crippen molar-refractivity contribution in [3.8, 4) is 5.75 Å². The lowest BCUT2D eigenvalue weighted by Crippen LogP contribution is -2.22. The van der Waals surface area contributed by atoms with Crippen molar-refractivity contribution in [1.29, 1.82) is 0 Å². The Labute approximate surface area is 104 Å². The van der Waals surface area contributed by atoms with Crippen molar-refractivity contribution in [2.75, 3.05) is 13.2 Å². The monoisotopic (exact) mass is 251 g/mol. The predicted molar refractivity (Wildman–Crippen MR) is 61.5 cm³/mol. The normalized spacial score (nSPS) is 18.0. The Balaban J connectivity index is 1.96. The first-order chi connectivity index (χ1) is 8.65. The van der Waals surface area contributed by atoms with E-state index in [1.165, 1.54) is 0 Å². The minimum Gasteiger partial charge on any atom is -0.489 e. The lowest BCUT2D eigenvalue weighted by Gasteiger charge is -2.12. The number of carbonyl (C=O) groups excluding carboxylic acids is 1. The summed E-state index contributed by atoms with van der Waals surface area (Å²) in [6.07, 6.45) is -0.892. The molecule has 1 atom stereocenters. The van der Waals surface area contributed by atoms with Gasteiger partial charge in [-0.2, -0.15) is 0 Å². The van der Waals surface area contributed by atoms with Crippen molar-refractivity contribution in [3.63, 3.8) is 0 Å². The van der Waals surface area contributed by atoms with Gasteiger partial charge in [0.15, 0.2) is 6.10 Å². The average Bonchev–Trinajstić information content (AvgIpc) is 2.73. The van der Waals surface area contributed by atoms with Gasteiger partial charge in [-0.3, -0.25) is 4.79 Å². The van der Waals surface area contributed by atoms with Gasteiger partial charge in [-0.1, -0.05) is 18.2 Å². The zero-order chi connectivity index (χ0) is 13.0. The van der Waals surface area contributed by atoms with Crippen molar-refractivity contribution in [2.45, 2.75) is 12.5 Å². The second-order valence-corrected chi connectivity index (χ2v) is 3.90. The van der Waals surface area contributed by atoms with Crippen LogP contribution in [0.4, 0.5) is 4.79 Å². The zero-order valence-corrected chi connectivity index (χ0v) is 9.59. The maximum atomic E-state index is 10.8. The molecule has 0 aliphatic carbocycles. The van der Waals surface area contributed by atoms with E-state index in [0.29, 0.717) is 17.9 Å². The number of amides is 1. The number of hydrogen-bond acceptors (Lipinski definition) is 4. The Hall–Kier alpha value is -2.24. The van der Waals surface area contributed by atoms with Crippen molar-refractivity contribution < 1.29 is 24.2 Å². The molecule has 6 heteroatoms. The number of carboxylic acids is 1. The van der Waals surface area contributed by atoms with Crippen LogP contribution in [0.1, 0.15) is 5.56 Å². The highest BCUT2D eigenvalue weighted by molar-refractivity contribution is 5.71. The molecule has 96 valence electrons. The van der Waals surface area contributed by atoms with E-state index < -0.39 is 12.1 Å². The summed E-state index contributed by atoms with van der Waals surface area (Å²) in [6, 6.07) is 6.91. The molecule has 1 aromatic carbocycles. The Morgan fingerprint density at radius 1 is 1.50 bits per heavy atom. The third-order valence-electron chi connectivity index (χ3n) is 2.49. The fourth-order valence-corrected chi connectivity index (χ4v) is 1.66. The van der Waals surface area contributed by atoms with Crippen LogP contribution in [-0.2, 0) is 16.0 Å². The van der Waals surface area contributed by atoms with Crippen LogP contribution in [0.3, 0.4) is 0 Å². The van der Waals surface area contributed by atoms with Crippen LogP contribution in [0.25, 0.3) is 0 Å². The van der Waals surface area contributed by atoms with Gasteiger partial charge in [0.05, 0.1) is 13.0 Å². The van der Waals surface area contributed by atoms with Gasteiger partial charge < -0.3 is 19.9 Å². The van der Waals surface area contributed by atoms with Gasteiger partial charge in [-0.15, -0.1) is 0 Å². The van der Waals surface area contributed by atoms with Crippen molar-refractivity contribution in [1.82, 2.24) is 5.32 Å². The number of cyclic esters (lactones) is 1. The highest BCUT2D eigenvalue weighted by atomic mass is 16.6. The minimum atomic E-state index is -0.917. The molecule has 0 radical (unpaired) electrons. The molecule has 1 saturated heterocycles. The van der Waals surface area contributed by atoms with Crippen LogP contribution in [-0.4, -0.2) is 36.4 Å². The molecule has 1 aliphatic heterocycles. The molecule has 2 rings (SSSR count). The zero-order valence-electron chi connectivity index (χ0n) is 9.59. The standard InChI is InChI=1S/C12H13NO5/c14-11(15)5-8-3-1-2-4-10(8)17-7-9-6-13-12(16)18-9/h1-4,9H,5-7H2,(H,13,16)(H,14,15). The number of rotatable bonds is 5. The molecule has 0 bridgehead atoms. The number of carbonyl (C=O) groups is 2. The molecular weight excluding hydrogens is 238 g/mol. The molecule has 1 aromatic rings. The number of ether oxygens (including phenoxy) is 2. The third-order valence-corrected chi connectivity index (χ3v) is 2.49. The molecule has 1 aliphatic rings. The summed E-state index contributed by atoms with van der Waals surface area (Å²) in [5, 5.41) is 11.3. The first-order valence-electron chi connectivity index (χ1n) is 5.52. The van der Waals surface area contributed by atoms with Gasteiger partial charge in [0, 0.05) is 5.56 Å². The van der Waals surface area contributed by atoms with Gasteiger partial charge in [0.2, 0.25) is 0 Å². The maximum absolute atomic E-state index is 10.8. The van der Waals surface area contributed by atoms with E-state index in [4.69, 9.17) is 14.6 Å². The fraction of sp³-hybridized carbons (Fsp3) is 0.333. The lowest BCUT2D eigenvalue weighted by molar-refractivity contribution is -0.136. The molecule has 0 saturated carbocycles. The summed E-state index contributed by atoms with van der Waals surface area (Å²) in [6.45, 7) is 0.606. The van der Waals surface area contributed by atoms with E-state index in [0.717, 1.165) is 0 Å². The number of carboxylic acid groups (broad SMARTS) is 1. The Bertz CT molecular complexity index is 460. The number of aliphatic carboxylic acids is 1. The highest BCUT2D eigenvalue weighted by Crippen LogP contribution is 2.19. The molecule has 6 nitrogen and oxygen atoms in total. The van der Waals surface area contributed by atoms with Crippen LogP contribution in [0.2, 0.25) is 0 Å². The van der Waals surface area contributed by atoms with E-state index in [2.05, 4.69) is 5.32 Å². The Kier molecular flexibility index (Phi) is 3.66. The van der Waals surface area contributed by atoms with Crippen molar-refractivity contribution >= 4 is 12.1 Å². The number of alkyl carbamates (subject to hydrolysis) is 1. The molecule has 1 heterocycles. The topological polar surface area (TPSA) is 84.9 Å². The van der Waals surface area contributed by atoms with Crippen LogP contribution < -0.4 is 10.1 Å². The van der Waals surface area contributed by atoms with Crippen molar-refractivity contribution in [3.05, 3.63) is 29.8 Å². The highest BCUT2D eigenvalue weighted by Gasteiger charge is 2.23. The quantitative estimate of drug-likeness (QED) is 0.808. The molecule has 1 fully saturated rings. The van der Waals surface area contributed by atoms with Gasteiger partial charge >= 0.3 is 12.1 Å². The molecule has 18 heavy (non-hydrogen) atoms. The maximum Gasteiger partial charge on any atom is 0.407 e. The summed E-state index contributed by atoms with van der Waals surface area (Å²) in [4.78, 5) is 21.5. The summed E-state index contributed by atoms with van der Waals surface area (Å²) in [5.74, 6) is -0.414. The molecule has 0 spiro atoms.